The Hall–Kier alpha value is -1.24. The van der Waals surface area contributed by atoms with E-state index < -0.39 is 18.1 Å². The van der Waals surface area contributed by atoms with Gasteiger partial charge < -0.3 is 21.7 Å². The average molecular weight is 302 g/mol. The molecule has 6 nitrogen and oxygen atoms in total. The van der Waals surface area contributed by atoms with Crippen molar-refractivity contribution in [2.24, 2.45) is 11.5 Å². The van der Waals surface area contributed by atoms with Gasteiger partial charge >= 0.3 is 5.97 Å². The van der Waals surface area contributed by atoms with Crippen LogP contribution >= 0.6 is 0 Å². The molecule has 2 atom stereocenters. The van der Waals surface area contributed by atoms with Crippen LogP contribution < -0.4 is 11.5 Å². The van der Waals surface area contributed by atoms with E-state index in [2.05, 4.69) is 6.92 Å². The van der Waals surface area contributed by atoms with Crippen LogP contribution in [0.1, 0.15) is 51.9 Å². The third-order valence-corrected chi connectivity index (χ3v) is 2.80. The molecule has 0 saturated carbocycles. The van der Waals surface area contributed by atoms with E-state index in [1.54, 1.807) is 0 Å². The second kappa shape index (κ2) is 16.8. The molecule has 0 heterocycles. The highest BCUT2D eigenvalue weighted by Crippen LogP contribution is 2.03. The lowest BCUT2D eigenvalue weighted by atomic mass is 10.1. The molecule has 0 aliphatic heterocycles. The van der Waals surface area contributed by atoms with E-state index >= 15 is 0 Å². The topological polar surface area (TPSA) is 127 Å². The third kappa shape index (κ3) is 18.8. The van der Waals surface area contributed by atoms with Crippen LogP contribution in [0, 0.1) is 0 Å². The average Bonchev–Trinajstić information content (AvgIpc) is 2.46. The van der Waals surface area contributed by atoms with Gasteiger partial charge in [0.15, 0.2) is 0 Å². The minimum atomic E-state index is -0.933. The van der Waals surface area contributed by atoms with Gasteiger partial charge in [0, 0.05) is 0 Å². The van der Waals surface area contributed by atoms with Crippen molar-refractivity contribution in [2.75, 3.05) is 6.54 Å². The van der Waals surface area contributed by atoms with E-state index in [1.807, 2.05) is 0 Å². The van der Waals surface area contributed by atoms with Gasteiger partial charge in [0.2, 0.25) is 0 Å². The monoisotopic (exact) mass is 302 g/mol. The van der Waals surface area contributed by atoms with Gasteiger partial charge in [0.25, 0.3) is 0 Å². The van der Waals surface area contributed by atoms with E-state index in [0.29, 0.717) is 19.3 Å². The van der Waals surface area contributed by atoms with Gasteiger partial charge in [-0.15, -0.1) is 0 Å². The number of rotatable bonds is 11. The molecule has 0 aromatic carbocycles. The van der Waals surface area contributed by atoms with Crippen molar-refractivity contribution in [3.8, 4) is 0 Å². The molecule has 6 heteroatoms. The maximum absolute atomic E-state index is 10.1. The molecule has 0 aromatic heterocycles. The number of carboxylic acids is 1. The Morgan fingerprint density at radius 3 is 2.29 bits per heavy atom. The smallest absolute Gasteiger partial charge is 0.320 e. The van der Waals surface area contributed by atoms with Gasteiger partial charge in [-0.3, -0.25) is 9.59 Å². The van der Waals surface area contributed by atoms with Gasteiger partial charge in [0.05, 0.1) is 6.10 Å². The van der Waals surface area contributed by atoms with Crippen LogP contribution in [-0.2, 0) is 9.59 Å². The first-order valence-electron chi connectivity index (χ1n) is 7.48. The number of hydrogen-bond donors (Lipinski definition) is 4. The number of carbonyl (C=O) groups is 2. The predicted octanol–water partition coefficient (Wildman–Crippen LogP) is 1.21. The van der Waals surface area contributed by atoms with Gasteiger partial charge in [-0.2, -0.15) is 0 Å². The molecular formula is C15H30N2O4. The van der Waals surface area contributed by atoms with Crippen LogP contribution in [0.4, 0.5) is 0 Å². The summed E-state index contributed by atoms with van der Waals surface area (Å²) in [5.74, 6) is -0.933. The summed E-state index contributed by atoms with van der Waals surface area (Å²) in [4.78, 5) is 20.0. The van der Waals surface area contributed by atoms with Crippen molar-refractivity contribution in [1.29, 1.82) is 0 Å². The number of unbranched alkanes of at least 4 members (excludes halogenated alkanes) is 3. The van der Waals surface area contributed by atoms with Crippen LogP contribution in [0.2, 0.25) is 0 Å². The van der Waals surface area contributed by atoms with Crippen LogP contribution in [0.3, 0.4) is 0 Å². The quantitative estimate of drug-likeness (QED) is 0.258. The standard InChI is InChI=1S/C9H16O2.C6H14N2O2/c1-2-3-4-6-9(11)7-5-8-10;7-4-2-1-3-5(8)6(9)10/h5,7-9,11H,2-4,6H2,1H3;5H,1-4,7-8H2,(H,9,10)/b7-5+;. The Bertz CT molecular complexity index is 283. The fraction of sp³-hybridized carbons (Fsp3) is 0.733. The summed E-state index contributed by atoms with van der Waals surface area (Å²) < 4.78 is 0. The Morgan fingerprint density at radius 2 is 1.81 bits per heavy atom. The first-order valence-corrected chi connectivity index (χ1v) is 7.48. The summed E-state index contributed by atoms with van der Waals surface area (Å²) >= 11 is 0. The number of carbonyl (C=O) groups excluding carboxylic acids is 1. The molecule has 6 N–H and O–H groups in total. The van der Waals surface area contributed by atoms with E-state index in [-0.39, 0.29) is 0 Å². The van der Waals surface area contributed by atoms with Gasteiger partial charge in [-0.1, -0.05) is 38.7 Å². The van der Waals surface area contributed by atoms with Gasteiger partial charge in [-0.05, 0) is 31.9 Å². The molecule has 0 radical (unpaired) electrons. The number of aliphatic hydroxyl groups is 1. The number of carboxylic acid groups (broad SMARTS) is 1. The van der Waals surface area contributed by atoms with E-state index in [1.165, 1.54) is 12.2 Å². The van der Waals surface area contributed by atoms with Crippen LogP contribution in [-0.4, -0.2) is 41.2 Å². The minimum absolute atomic E-state index is 0.438. The molecule has 124 valence electrons. The SMILES string of the molecule is CCCCCC(O)/C=C/C=O.NCCCCC(N)C(=O)O. The first kappa shape index (κ1) is 22.0. The fourth-order valence-corrected chi connectivity index (χ4v) is 1.51. The number of aliphatic hydroxyl groups excluding tert-OH is 1. The van der Waals surface area contributed by atoms with Crippen molar-refractivity contribution in [3.63, 3.8) is 0 Å². The molecule has 0 aliphatic carbocycles. The van der Waals surface area contributed by atoms with Crippen molar-refractivity contribution in [2.45, 2.75) is 64.0 Å². The lowest BCUT2D eigenvalue weighted by Gasteiger charge is -2.03. The summed E-state index contributed by atoms with van der Waals surface area (Å²) in [6.07, 6.45) is 9.38. The molecule has 0 amide bonds. The van der Waals surface area contributed by atoms with Gasteiger partial charge in [-0.25, -0.2) is 0 Å². The van der Waals surface area contributed by atoms with Crippen LogP contribution in [0.5, 0.6) is 0 Å². The summed E-state index contributed by atoms with van der Waals surface area (Å²) in [6.45, 7) is 2.72. The molecule has 0 rings (SSSR count). The number of hydrogen-bond acceptors (Lipinski definition) is 5. The number of nitrogens with two attached hydrogens (primary N) is 2. The zero-order chi connectivity index (χ0) is 16.5. The van der Waals surface area contributed by atoms with Crippen LogP contribution in [0.15, 0.2) is 12.2 Å². The summed E-state index contributed by atoms with van der Waals surface area (Å²) in [7, 11) is 0. The minimum Gasteiger partial charge on any atom is -0.480 e. The second-order valence-electron chi connectivity index (χ2n) is 4.81. The summed E-state index contributed by atoms with van der Waals surface area (Å²) in [6, 6.07) is -0.716. The zero-order valence-electron chi connectivity index (χ0n) is 12.9. The third-order valence-electron chi connectivity index (χ3n) is 2.80. The van der Waals surface area contributed by atoms with Crippen molar-refractivity contribution in [3.05, 3.63) is 12.2 Å². The summed E-state index contributed by atoms with van der Waals surface area (Å²) in [5, 5.41) is 17.5. The fourth-order valence-electron chi connectivity index (χ4n) is 1.51. The molecular weight excluding hydrogens is 272 g/mol. The lowest BCUT2D eigenvalue weighted by molar-refractivity contribution is -0.138. The lowest BCUT2D eigenvalue weighted by Crippen LogP contribution is -2.29. The molecule has 0 bridgehead atoms. The summed E-state index contributed by atoms with van der Waals surface area (Å²) in [5.41, 5.74) is 10.4. The highest BCUT2D eigenvalue weighted by atomic mass is 16.4. The highest BCUT2D eigenvalue weighted by Gasteiger charge is 2.09. The van der Waals surface area contributed by atoms with Crippen molar-refractivity contribution < 1.29 is 19.8 Å². The first-order chi connectivity index (χ1) is 9.99. The molecule has 0 fully saturated rings. The Morgan fingerprint density at radius 1 is 1.19 bits per heavy atom. The maximum atomic E-state index is 10.1. The normalized spacial score (nSPS) is 13.3. The van der Waals surface area contributed by atoms with Gasteiger partial charge in [0.1, 0.15) is 12.3 Å². The van der Waals surface area contributed by atoms with E-state index in [9.17, 15) is 9.59 Å². The molecule has 0 saturated heterocycles. The molecule has 0 aliphatic rings. The van der Waals surface area contributed by atoms with Crippen molar-refractivity contribution >= 4 is 12.3 Å². The molecule has 0 spiro atoms. The number of aldehydes is 1. The number of allylic oxidation sites excluding steroid dienone is 1. The van der Waals surface area contributed by atoms with E-state index in [4.69, 9.17) is 21.7 Å². The Labute approximate surface area is 127 Å². The zero-order valence-corrected chi connectivity index (χ0v) is 12.9. The van der Waals surface area contributed by atoms with Crippen molar-refractivity contribution in [1.82, 2.24) is 0 Å². The second-order valence-corrected chi connectivity index (χ2v) is 4.81. The predicted molar refractivity (Wildman–Crippen MR) is 83.9 cm³/mol. The largest absolute Gasteiger partial charge is 0.480 e. The Kier molecular flexibility index (Phi) is 17.7. The highest BCUT2D eigenvalue weighted by molar-refractivity contribution is 5.72. The Balaban J connectivity index is 0. The maximum Gasteiger partial charge on any atom is 0.320 e. The van der Waals surface area contributed by atoms with E-state index in [0.717, 1.165) is 38.5 Å². The molecule has 21 heavy (non-hydrogen) atoms. The molecule has 0 aromatic rings. The molecule has 2 unspecified atom stereocenters. The number of aliphatic carboxylic acids is 1. The van der Waals surface area contributed by atoms with Crippen LogP contribution in [0.25, 0.3) is 0 Å².